The van der Waals surface area contributed by atoms with E-state index < -0.39 is 0 Å². The molecule has 0 aliphatic heterocycles. The monoisotopic (exact) mass is 353 g/mol. The lowest BCUT2D eigenvalue weighted by molar-refractivity contribution is -0.122. The van der Waals surface area contributed by atoms with Gasteiger partial charge in [-0.2, -0.15) is 0 Å². The molecule has 0 rings (SSSR count). The van der Waals surface area contributed by atoms with Crippen LogP contribution in [0.2, 0.25) is 0 Å². The van der Waals surface area contributed by atoms with Gasteiger partial charge in [-0.1, -0.05) is 70.4 Å². The highest BCUT2D eigenvalue weighted by molar-refractivity contribution is 5.76. The zero-order valence-corrected chi connectivity index (χ0v) is 17.2. The summed E-state index contributed by atoms with van der Waals surface area (Å²) in [5.74, 6) is 0.155. The van der Waals surface area contributed by atoms with Crippen LogP contribution >= 0.6 is 0 Å². The van der Waals surface area contributed by atoms with Crippen LogP contribution in [0, 0.1) is 0 Å². The zero-order valence-electron chi connectivity index (χ0n) is 17.2. The molecule has 0 fully saturated rings. The van der Waals surface area contributed by atoms with Gasteiger partial charge in [0.05, 0.1) is 6.61 Å². The van der Waals surface area contributed by atoms with Crippen LogP contribution in [0.5, 0.6) is 0 Å². The van der Waals surface area contributed by atoms with Crippen molar-refractivity contribution in [3.63, 3.8) is 0 Å². The Balaban J connectivity index is 3.25. The van der Waals surface area contributed by atoms with Crippen LogP contribution in [0.25, 0.3) is 0 Å². The normalized spacial score (nSPS) is 12.6. The van der Waals surface area contributed by atoms with Crippen molar-refractivity contribution in [2.24, 2.45) is 0 Å². The number of nitrogens with one attached hydrogen (secondary N) is 1. The summed E-state index contributed by atoms with van der Waals surface area (Å²) in [6.45, 7) is 4.82. The summed E-state index contributed by atoms with van der Waals surface area (Å²) in [5.41, 5.74) is 0. The van der Waals surface area contributed by atoms with Gasteiger partial charge in [0.25, 0.3) is 0 Å². The van der Waals surface area contributed by atoms with Gasteiger partial charge in [-0.3, -0.25) is 4.79 Å². The topological polar surface area (TPSA) is 38.3 Å². The van der Waals surface area contributed by atoms with Crippen molar-refractivity contribution in [2.75, 3.05) is 13.7 Å². The molecule has 0 aromatic rings. The van der Waals surface area contributed by atoms with E-state index >= 15 is 0 Å². The molecule has 0 heterocycles. The van der Waals surface area contributed by atoms with Crippen LogP contribution in [-0.2, 0) is 9.53 Å². The van der Waals surface area contributed by atoms with Gasteiger partial charge in [0.15, 0.2) is 0 Å². The second-order valence-corrected chi connectivity index (χ2v) is 7.26. The molecule has 0 radical (unpaired) electrons. The maximum Gasteiger partial charge on any atom is 0.220 e. The van der Waals surface area contributed by atoms with Crippen molar-refractivity contribution in [1.82, 2.24) is 5.32 Å². The highest BCUT2D eigenvalue weighted by atomic mass is 16.5. The summed E-state index contributed by atoms with van der Waals surface area (Å²) < 4.78 is 5.02. The largest absolute Gasteiger partial charge is 0.383 e. The SMILES string of the molecule is CCCCCCCC/C=C\CCCCCCCC(=O)N[C@@H](C)COC. The highest BCUT2D eigenvalue weighted by Gasteiger charge is 2.06. The quantitative estimate of drug-likeness (QED) is 0.236. The third kappa shape index (κ3) is 19.3. The highest BCUT2D eigenvalue weighted by Crippen LogP contribution is 2.10. The van der Waals surface area contributed by atoms with Crippen LogP contribution in [0.15, 0.2) is 12.2 Å². The Morgan fingerprint density at radius 3 is 1.96 bits per heavy atom. The van der Waals surface area contributed by atoms with Crippen molar-refractivity contribution < 1.29 is 9.53 Å². The van der Waals surface area contributed by atoms with Gasteiger partial charge < -0.3 is 10.1 Å². The Morgan fingerprint density at radius 1 is 0.880 bits per heavy atom. The fourth-order valence-electron chi connectivity index (χ4n) is 2.99. The molecule has 0 bridgehead atoms. The summed E-state index contributed by atoms with van der Waals surface area (Å²) >= 11 is 0. The minimum atomic E-state index is 0.112. The molecular formula is C22H43NO2. The number of ether oxygens (including phenoxy) is 1. The van der Waals surface area contributed by atoms with Crippen LogP contribution < -0.4 is 5.32 Å². The van der Waals surface area contributed by atoms with Gasteiger partial charge in [-0.25, -0.2) is 0 Å². The molecule has 1 N–H and O–H groups in total. The van der Waals surface area contributed by atoms with Gasteiger partial charge in [0, 0.05) is 19.6 Å². The predicted octanol–water partition coefficient (Wildman–Crippen LogP) is 6.18. The van der Waals surface area contributed by atoms with Crippen molar-refractivity contribution in [3.05, 3.63) is 12.2 Å². The minimum Gasteiger partial charge on any atom is -0.383 e. The van der Waals surface area contributed by atoms with Crippen LogP contribution in [0.1, 0.15) is 104 Å². The van der Waals surface area contributed by atoms with E-state index in [4.69, 9.17) is 4.74 Å². The number of unbranched alkanes of at least 4 members (excludes halogenated alkanes) is 11. The van der Waals surface area contributed by atoms with Gasteiger partial charge in [-0.15, -0.1) is 0 Å². The van der Waals surface area contributed by atoms with E-state index in [0.29, 0.717) is 13.0 Å². The molecular weight excluding hydrogens is 310 g/mol. The van der Waals surface area contributed by atoms with Gasteiger partial charge in [0.2, 0.25) is 5.91 Å². The molecule has 0 spiro atoms. The summed E-state index contributed by atoms with van der Waals surface area (Å²) in [5, 5.41) is 2.96. The number of carbonyl (C=O) groups excluding carboxylic acids is 1. The lowest BCUT2D eigenvalue weighted by Crippen LogP contribution is -2.35. The summed E-state index contributed by atoms with van der Waals surface area (Å²) in [6.07, 6.45) is 22.1. The Hall–Kier alpha value is -0.830. The standard InChI is InChI=1S/C22H43NO2/c1-4-5-6-7-8-9-10-11-12-13-14-15-16-17-18-19-22(24)23-21(2)20-25-3/h11-12,21H,4-10,13-20H2,1-3H3,(H,23,24)/b12-11-/t21-/m0/s1. The van der Waals surface area contributed by atoms with Crippen molar-refractivity contribution in [1.29, 1.82) is 0 Å². The number of carbonyl (C=O) groups is 1. The van der Waals surface area contributed by atoms with E-state index in [0.717, 1.165) is 12.8 Å². The maximum atomic E-state index is 11.7. The Morgan fingerprint density at radius 2 is 1.40 bits per heavy atom. The molecule has 0 aliphatic carbocycles. The zero-order chi connectivity index (χ0) is 18.6. The fourth-order valence-corrected chi connectivity index (χ4v) is 2.99. The number of rotatable bonds is 18. The third-order valence-electron chi connectivity index (χ3n) is 4.49. The first-order chi connectivity index (χ1) is 12.2. The average molecular weight is 354 g/mol. The fraction of sp³-hybridized carbons (Fsp3) is 0.864. The van der Waals surface area contributed by atoms with E-state index in [2.05, 4.69) is 24.4 Å². The van der Waals surface area contributed by atoms with E-state index in [1.165, 1.54) is 70.6 Å². The molecule has 0 aromatic heterocycles. The first kappa shape index (κ1) is 24.2. The van der Waals surface area contributed by atoms with Crippen LogP contribution in [0.4, 0.5) is 0 Å². The molecule has 3 nitrogen and oxygen atoms in total. The lowest BCUT2D eigenvalue weighted by atomic mass is 10.1. The first-order valence-corrected chi connectivity index (χ1v) is 10.6. The van der Waals surface area contributed by atoms with Crippen molar-refractivity contribution >= 4 is 5.91 Å². The summed E-state index contributed by atoms with van der Waals surface area (Å²) in [7, 11) is 1.66. The third-order valence-corrected chi connectivity index (χ3v) is 4.49. The van der Waals surface area contributed by atoms with E-state index in [9.17, 15) is 4.79 Å². The van der Waals surface area contributed by atoms with Crippen LogP contribution in [-0.4, -0.2) is 25.7 Å². The molecule has 0 saturated carbocycles. The number of hydrogen-bond donors (Lipinski definition) is 1. The molecule has 0 aliphatic rings. The minimum absolute atomic E-state index is 0.112. The number of hydrogen-bond acceptors (Lipinski definition) is 2. The molecule has 3 heteroatoms. The summed E-state index contributed by atoms with van der Waals surface area (Å²) in [6, 6.07) is 0.112. The molecule has 1 amide bonds. The maximum absolute atomic E-state index is 11.7. The Labute approximate surface area is 157 Å². The van der Waals surface area contributed by atoms with Crippen molar-refractivity contribution in [2.45, 2.75) is 110 Å². The molecule has 0 saturated heterocycles. The lowest BCUT2D eigenvalue weighted by Gasteiger charge is -2.12. The number of allylic oxidation sites excluding steroid dienone is 2. The smallest absolute Gasteiger partial charge is 0.220 e. The predicted molar refractivity (Wildman–Crippen MR) is 109 cm³/mol. The second-order valence-electron chi connectivity index (χ2n) is 7.26. The second kappa shape index (κ2) is 19.5. The molecule has 148 valence electrons. The molecule has 1 atom stereocenters. The van der Waals surface area contributed by atoms with Gasteiger partial charge in [0.1, 0.15) is 0 Å². The number of amides is 1. The Kier molecular flexibility index (Phi) is 18.8. The van der Waals surface area contributed by atoms with Crippen LogP contribution in [0.3, 0.4) is 0 Å². The molecule has 0 unspecified atom stereocenters. The van der Waals surface area contributed by atoms with E-state index in [1.54, 1.807) is 7.11 Å². The number of methoxy groups -OCH3 is 1. The Bertz CT molecular complexity index is 315. The molecule has 0 aromatic carbocycles. The average Bonchev–Trinajstić information content (AvgIpc) is 2.58. The molecule has 25 heavy (non-hydrogen) atoms. The van der Waals surface area contributed by atoms with Gasteiger partial charge in [-0.05, 0) is 39.0 Å². The van der Waals surface area contributed by atoms with E-state index in [1.807, 2.05) is 6.92 Å². The summed E-state index contributed by atoms with van der Waals surface area (Å²) in [4.78, 5) is 11.7. The van der Waals surface area contributed by atoms with E-state index in [-0.39, 0.29) is 11.9 Å². The van der Waals surface area contributed by atoms with Gasteiger partial charge >= 0.3 is 0 Å². The first-order valence-electron chi connectivity index (χ1n) is 10.6. The van der Waals surface area contributed by atoms with Crippen molar-refractivity contribution in [3.8, 4) is 0 Å².